The molecule has 1 fully saturated rings. The van der Waals surface area contributed by atoms with Crippen LogP contribution >= 0.6 is 11.6 Å². The first-order valence-electron chi connectivity index (χ1n) is 10.7. The van der Waals surface area contributed by atoms with Crippen LogP contribution in [0.15, 0.2) is 42.5 Å². The van der Waals surface area contributed by atoms with Crippen LogP contribution in [-0.4, -0.2) is 27.1 Å². The number of amides is 1. The standard InChI is InChI=1S/C23H26ClF3N2O3S/c1-33(31,32)29(21-12-11-19(24)13-20(21)23(25,26)27)15-17-7-9-18(10-8-17)22(30)28-14-16-5-3-2-4-6-16/h7-13,16H,2-6,14-15H2,1H3,(H,28,30). The molecule has 1 aliphatic rings. The van der Waals surface area contributed by atoms with Gasteiger partial charge in [0.05, 0.1) is 24.1 Å². The van der Waals surface area contributed by atoms with Crippen LogP contribution in [0.3, 0.4) is 0 Å². The van der Waals surface area contributed by atoms with E-state index in [4.69, 9.17) is 11.6 Å². The number of nitrogens with zero attached hydrogens (tertiary/aromatic N) is 1. The van der Waals surface area contributed by atoms with Crippen molar-refractivity contribution in [2.75, 3.05) is 17.1 Å². The molecule has 180 valence electrons. The summed E-state index contributed by atoms with van der Waals surface area (Å²) in [6, 6.07) is 9.11. The molecule has 0 aliphatic heterocycles. The Morgan fingerprint density at radius 3 is 2.30 bits per heavy atom. The summed E-state index contributed by atoms with van der Waals surface area (Å²) in [6.07, 6.45) is 1.84. The first-order chi connectivity index (χ1) is 15.4. The SMILES string of the molecule is CS(=O)(=O)N(Cc1ccc(C(=O)NCC2CCCCC2)cc1)c1ccc(Cl)cc1C(F)(F)F. The molecule has 0 spiro atoms. The quantitative estimate of drug-likeness (QED) is 0.533. The summed E-state index contributed by atoms with van der Waals surface area (Å²) in [7, 11) is -4.05. The van der Waals surface area contributed by atoms with Gasteiger partial charge in [-0.1, -0.05) is 43.0 Å². The minimum absolute atomic E-state index is 0.150. The van der Waals surface area contributed by atoms with Crippen molar-refractivity contribution in [3.63, 3.8) is 0 Å². The molecule has 0 unspecified atom stereocenters. The average molecular weight is 503 g/mol. The van der Waals surface area contributed by atoms with Gasteiger partial charge in [-0.15, -0.1) is 0 Å². The van der Waals surface area contributed by atoms with Crippen LogP contribution in [0.4, 0.5) is 18.9 Å². The molecule has 1 aliphatic carbocycles. The molecule has 1 amide bonds. The Morgan fingerprint density at radius 1 is 1.09 bits per heavy atom. The number of nitrogens with one attached hydrogen (secondary N) is 1. The van der Waals surface area contributed by atoms with Crippen molar-refractivity contribution in [1.82, 2.24) is 5.32 Å². The lowest BCUT2D eigenvalue weighted by Crippen LogP contribution is -2.31. The van der Waals surface area contributed by atoms with Gasteiger partial charge in [0.25, 0.3) is 5.91 Å². The van der Waals surface area contributed by atoms with E-state index in [1.807, 2.05) is 0 Å². The van der Waals surface area contributed by atoms with Crippen LogP contribution in [0.25, 0.3) is 0 Å². The first kappa shape index (κ1) is 25.4. The predicted molar refractivity (Wildman–Crippen MR) is 123 cm³/mol. The number of hydrogen-bond donors (Lipinski definition) is 1. The molecular formula is C23H26ClF3N2O3S. The number of hydrogen-bond acceptors (Lipinski definition) is 3. The minimum atomic E-state index is -4.79. The van der Waals surface area contributed by atoms with E-state index in [-0.39, 0.29) is 17.5 Å². The molecule has 1 N–H and O–H groups in total. The Hall–Kier alpha value is -2.26. The number of halogens is 4. The average Bonchev–Trinajstić information content (AvgIpc) is 2.76. The highest BCUT2D eigenvalue weighted by Crippen LogP contribution is 2.39. The third-order valence-corrected chi connectivity index (χ3v) is 7.11. The molecule has 2 aromatic rings. The number of sulfonamides is 1. The highest BCUT2D eigenvalue weighted by Gasteiger charge is 2.37. The number of rotatable bonds is 7. The second-order valence-corrected chi connectivity index (χ2v) is 10.7. The van der Waals surface area contributed by atoms with E-state index >= 15 is 0 Å². The third-order valence-electron chi connectivity index (χ3n) is 5.75. The van der Waals surface area contributed by atoms with Gasteiger partial charge in [0.15, 0.2) is 0 Å². The monoisotopic (exact) mass is 502 g/mol. The summed E-state index contributed by atoms with van der Waals surface area (Å²) in [5.74, 6) is 0.247. The van der Waals surface area contributed by atoms with E-state index in [1.54, 1.807) is 12.1 Å². The van der Waals surface area contributed by atoms with Crippen LogP contribution in [0.2, 0.25) is 5.02 Å². The maximum absolute atomic E-state index is 13.5. The maximum atomic E-state index is 13.5. The Bertz CT molecular complexity index is 1080. The molecule has 10 heteroatoms. The zero-order valence-electron chi connectivity index (χ0n) is 18.2. The fourth-order valence-corrected chi connectivity index (χ4v) is 5.06. The van der Waals surface area contributed by atoms with Crippen molar-refractivity contribution >= 4 is 33.2 Å². The van der Waals surface area contributed by atoms with Gasteiger partial charge >= 0.3 is 6.18 Å². The Labute approximate surface area is 197 Å². The Balaban J connectivity index is 1.77. The maximum Gasteiger partial charge on any atom is 0.418 e. The summed E-state index contributed by atoms with van der Waals surface area (Å²) < 4.78 is 66.0. The van der Waals surface area contributed by atoms with E-state index in [2.05, 4.69) is 5.32 Å². The molecule has 2 aromatic carbocycles. The van der Waals surface area contributed by atoms with Gasteiger partial charge in [-0.25, -0.2) is 8.42 Å². The van der Waals surface area contributed by atoms with Gasteiger partial charge in [-0.3, -0.25) is 9.10 Å². The van der Waals surface area contributed by atoms with Crippen molar-refractivity contribution in [3.8, 4) is 0 Å². The van der Waals surface area contributed by atoms with Gasteiger partial charge < -0.3 is 5.32 Å². The van der Waals surface area contributed by atoms with Gasteiger partial charge in [0.2, 0.25) is 10.0 Å². The van der Waals surface area contributed by atoms with Crippen molar-refractivity contribution in [2.45, 2.75) is 44.8 Å². The largest absolute Gasteiger partial charge is 0.418 e. The highest BCUT2D eigenvalue weighted by atomic mass is 35.5. The van der Waals surface area contributed by atoms with E-state index in [0.29, 0.717) is 34.0 Å². The van der Waals surface area contributed by atoms with Crippen LogP contribution in [0, 0.1) is 5.92 Å². The number of benzene rings is 2. The normalized spacial score (nSPS) is 15.3. The number of anilines is 1. The van der Waals surface area contributed by atoms with Crippen LogP contribution in [-0.2, 0) is 22.7 Å². The third kappa shape index (κ3) is 6.86. The Kier molecular flexibility index (Phi) is 7.95. The van der Waals surface area contributed by atoms with Crippen molar-refractivity contribution in [1.29, 1.82) is 0 Å². The van der Waals surface area contributed by atoms with Crippen LogP contribution < -0.4 is 9.62 Å². The molecule has 0 saturated heterocycles. The molecule has 0 heterocycles. The number of carbonyl (C=O) groups excluding carboxylic acids is 1. The van der Waals surface area contributed by atoms with E-state index < -0.39 is 27.5 Å². The number of carbonyl (C=O) groups is 1. The van der Waals surface area contributed by atoms with Gasteiger partial charge in [-0.05, 0) is 54.7 Å². The molecular weight excluding hydrogens is 477 g/mol. The minimum Gasteiger partial charge on any atom is -0.352 e. The summed E-state index contributed by atoms with van der Waals surface area (Å²) in [5.41, 5.74) is -0.807. The fraction of sp³-hybridized carbons (Fsp3) is 0.435. The number of alkyl halides is 3. The van der Waals surface area contributed by atoms with Crippen LogP contribution in [0.1, 0.15) is 53.6 Å². The molecule has 33 heavy (non-hydrogen) atoms. The lowest BCUT2D eigenvalue weighted by molar-refractivity contribution is -0.137. The zero-order chi connectivity index (χ0) is 24.2. The van der Waals surface area contributed by atoms with Crippen molar-refractivity contribution < 1.29 is 26.4 Å². The van der Waals surface area contributed by atoms with E-state index in [9.17, 15) is 26.4 Å². The van der Waals surface area contributed by atoms with Crippen LogP contribution in [0.5, 0.6) is 0 Å². The lowest BCUT2D eigenvalue weighted by Gasteiger charge is -2.26. The van der Waals surface area contributed by atoms with E-state index in [1.165, 1.54) is 37.5 Å². The van der Waals surface area contributed by atoms with Crippen molar-refractivity contribution in [2.24, 2.45) is 5.92 Å². The van der Waals surface area contributed by atoms with E-state index in [0.717, 1.165) is 25.2 Å². The smallest absolute Gasteiger partial charge is 0.352 e. The molecule has 3 rings (SSSR count). The predicted octanol–water partition coefficient (Wildman–Crippen LogP) is 5.64. The molecule has 5 nitrogen and oxygen atoms in total. The highest BCUT2D eigenvalue weighted by molar-refractivity contribution is 7.92. The molecule has 0 bridgehead atoms. The summed E-state index contributed by atoms with van der Waals surface area (Å²) in [6.45, 7) is 0.284. The summed E-state index contributed by atoms with van der Waals surface area (Å²) in [4.78, 5) is 12.4. The first-order valence-corrected chi connectivity index (χ1v) is 12.9. The van der Waals surface area contributed by atoms with Gasteiger partial charge in [0.1, 0.15) is 0 Å². The molecule has 0 atom stereocenters. The zero-order valence-corrected chi connectivity index (χ0v) is 19.7. The second kappa shape index (κ2) is 10.3. The summed E-state index contributed by atoms with van der Waals surface area (Å²) >= 11 is 5.72. The molecule has 0 radical (unpaired) electrons. The molecule has 1 saturated carbocycles. The van der Waals surface area contributed by atoms with Crippen molar-refractivity contribution in [3.05, 3.63) is 64.2 Å². The topological polar surface area (TPSA) is 66.5 Å². The lowest BCUT2D eigenvalue weighted by atomic mass is 9.89. The molecule has 0 aromatic heterocycles. The fourth-order valence-electron chi connectivity index (χ4n) is 3.99. The Morgan fingerprint density at radius 2 is 1.73 bits per heavy atom. The van der Waals surface area contributed by atoms with Gasteiger partial charge in [0, 0.05) is 17.1 Å². The van der Waals surface area contributed by atoms with Gasteiger partial charge in [-0.2, -0.15) is 13.2 Å². The summed E-state index contributed by atoms with van der Waals surface area (Å²) in [5, 5.41) is 2.78. The second-order valence-electron chi connectivity index (χ2n) is 8.34.